The van der Waals surface area contributed by atoms with Crippen LogP contribution in [-0.4, -0.2) is 59.8 Å². The van der Waals surface area contributed by atoms with Crippen molar-refractivity contribution in [2.75, 3.05) is 54.1 Å². The number of amides is 1. The quantitative estimate of drug-likeness (QED) is 0.138. The summed E-state index contributed by atoms with van der Waals surface area (Å²) in [7, 11) is 7.81. The lowest BCUT2D eigenvalue weighted by atomic mass is 10.1. The number of nitrogens with zero attached hydrogens (tertiary/aromatic N) is 1. The van der Waals surface area contributed by atoms with Gasteiger partial charge in [0.1, 0.15) is 25.1 Å². The molecule has 48 heavy (non-hydrogen) atoms. The second-order valence-corrected chi connectivity index (χ2v) is 10.6. The van der Waals surface area contributed by atoms with Crippen molar-refractivity contribution < 1.29 is 42.5 Å². The van der Waals surface area contributed by atoms with E-state index in [1.54, 1.807) is 65.9 Å². The number of methoxy groups -OCH3 is 5. The van der Waals surface area contributed by atoms with Crippen LogP contribution in [0.15, 0.2) is 83.4 Å². The zero-order chi connectivity index (χ0) is 33.6. The van der Waals surface area contributed by atoms with E-state index in [4.69, 9.17) is 37.7 Å². The molecular weight excluding hydrogens is 618 g/mol. The maximum absolute atomic E-state index is 12.6. The zero-order valence-corrected chi connectivity index (χ0v) is 27.1. The van der Waals surface area contributed by atoms with Gasteiger partial charge in [-0.05, 0) is 60.2 Å². The average molecular weight is 654 g/mol. The SMILES string of the molecule is COc1cc(C2NC(=O)c3ccccc3N2)ccc1OCCOc1cc(-c2cc(-c3cc(OC)c(OC)c(OC)c3)no2)ccc1OC. The molecule has 0 aliphatic carbocycles. The molecule has 1 aromatic heterocycles. The lowest BCUT2D eigenvalue weighted by Gasteiger charge is -2.28. The van der Waals surface area contributed by atoms with Crippen LogP contribution in [0.5, 0.6) is 40.2 Å². The second-order valence-electron chi connectivity index (χ2n) is 10.6. The minimum absolute atomic E-state index is 0.146. The van der Waals surface area contributed by atoms with Crippen LogP contribution in [0, 0.1) is 0 Å². The Morgan fingerprint density at radius 3 is 2.02 bits per heavy atom. The second kappa shape index (κ2) is 14.2. The summed E-state index contributed by atoms with van der Waals surface area (Å²) in [5.74, 6) is 4.00. The van der Waals surface area contributed by atoms with Gasteiger partial charge >= 0.3 is 0 Å². The van der Waals surface area contributed by atoms with Crippen molar-refractivity contribution in [1.29, 1.82) is 0 Å². The van der Waals surface area contributed by atoms with Gasteiger partial charge in [-0.15, -0.1) is 0 Å². The number of rotatable bonds is 13. The molecule has 4 aromatic carbocycles. The fourth-order valence-corrected chi connectivity index (χ4v) is 5.38. The van der Waals surface area contributed by atoms with Crippen molar-refractivity contribution >= 4 is 11.6 Å². The number of hydrogen-bond acceptors (Lipinski definition) is 11. The maximum Gasteiger partial charge on any atom is 0.255 e. The minimum atomic E-state index is -0.416. The number of hydrogen-bond donors (Lipinski definition) is 2. The van der Waals surface area contributed by atoms with Crippen LogP contribution >= 0.6 is 0 Å². The fraction of sp³-hybridized carbons (Fsp3) is 0.222. The summed E-state index contributed by atoms with van der Waals surface area (Å²) in [6.45, 7) is 0.442. The van der Waals surface area contributed by atoms with Crippen molar-refractivity contribution in [2.45, 2.75) is 6.17 Å². The summed E-state index contributed by atoms with van der Waals surface area (Å²) < 4.78 is 45.3. The molecule has 5 aromatic rings. The number of ether oxygens (including phenoxy) is 7. The first kappa shape index (κ1) is 31.9. The molecule has 248 valence electrons. The van der Waals surface area contributed by atoms with E-state index >= 15 is 0 Å². The average Bonchev–Trinajstić information content (AvgIpc) is 3.63. The standard InChI is InChI=1S/C36H35N3O9/c1-41-27-12-10-21(29-20-26(39-48-29)23-18-32(43-3)34(45-5)33(19-23)44-4)16-31(27)47-15-14-46-28-13-11-22(17-30(28)42-2)35-37-25-9-7-6-8-24(25)36(40)38-35/h6-13,16-20,35,37H,14-15H2,1-5H3,(H,38,40). The van der Waals surface area contributed by atoms with Gasteiger partial charge < -0.3 is 48.3 Å². The molecule has 1 amide bonds. The third-order valence-electron chi connectivity index (χ3n) is 7.79. The Kier molecular flexibility index (Phi) is 9.42. The van der Waals surface area contributed by atoms with E-state index in [0.29, 0.717) is 57.3 Å². The Morgan fingerprint density at radius 2 is 1.31 bits per heavy atom. The number of benzene rings is 4. The van der Waals surface area contributed by atoms with Gasteiger partial charge in [-0.1, -0.05) is 23.4 Å². The summed E-state index contributed by atoms with van der Waals surface area (Å²) in [5, 5.41) is 10.6. The number of nitrogens with one attached hydrogen (secondary N) is 2. The number of carbonyl (C=O) groups is 1. The normalized spacial score (nSPS) is 13.4. The predicted molar refractivity (Wildman–Crippen MR) is 178 cm³/mol. The van der Waals surface area contributed by atoms with Gasteiger partial charge in [0.25, 0.3) is 5.91 Å². The zero-order valence-electron chi connectivity index (χ0n) is 27.1. The van der Waals surface area contributed by atoms with Crippen LogP contribution in [0.4, 0.5) is 5.69 Å². The Balaban J connectivity index is 1.12. The van der Waals surface area contributed by atoms with Gasteiger partial charge in [0.15, 0.2) is 40.3 Å². The molecule has 0 bridgehead atoms. The van der Waals surface area contributed by atoms with Gasteiger partial charge in [-0.25, -0.2) is 0 Å². The number of carbonyl (C=O) groups excluding carboxylic acids is 1. The number of para-hydroxylation sites is 1. The molecule has 1 aliphatic rings. The van der Waals surface area contributed by atoms with E-state index in [-0.39, 0.29) is 19.1 Å². The van der Waals surface area contributed by atoms with Crippen molar-refractivity contribution in [1.82, 2.24) is 10.5 Å². The van der Waals surface area contributed by atoms with E-state index in [0.717, 1.165) is 22.4 Å². The van der Waals surface area contributed by atoms with Crippen LogP contribution in [0.25, 0.3) is 22.6 Å². The maximum atomic E-state index is 12.6. The molecule has 1 aliphatic heterocycles. The summed E-state index contributed by atoms with van der Waals surface area (Å²) in [6, 6.07) is 23.8. The lowest BCUT2D eigenvalue weighted by Crippen LogP contribution is -2.38. The van der Waals surface area contributed by atoms with Crippen LogP contribution < -0.4 is 43.8 Å². The summed E-state index contributed by atoms with van der Waals surface area (Å²) in [4.78, 5) is 12.6. The molecule has 0 radical (unpaired) electrons. The largest absolute Gasteiger partial charge is 0.493 e. The highest BCUT2D eigenvalue weighted by Crippen LogP contribution is 2.42. The van der Waals surface area contributed by atoms with Gasteiger partial charge in [0, 0.05) is 22.9 Å². The molecule has 2 heterocycles. The highest BCUT2D eigenvalue weighted by atomic mass is 16.6. The number of aromatic nitrogens is 1. The lowest BCUT2D eigenvalue weighted by molar-refractivity contribution is 0.0935. The van der Waals surface area contributed by atoms with Crippen molar-refractivity contribution in [3.05, 3.63) is 90.0 Å². The summed E-state index contributed by atoms with van der Waals surface area (Å²) >= 11 is 0. The van der Waals surface area contributed by atoms with E-state index in [1.807, 2.05) is 48.5 Å². The summed E-state index contributed by atoms with van der Waals surface area (Å²) in [6.07, 6.45) is -0.416. The Bertz CT molecular complexity index is 1900. The molecule has 0 fully saturated rings. The first-order valence-corrected chi connectivity index (χ1v) is 15.0. The first-order valence-electron chi connectivity index (χ1n) is 15.0. The molecule has 6 rings (SSSR count). The van der Waals surface area contributed by atoms with E-state index in [1.165, 1.54) is 0 Å². The molecule has 0 spiro atoms. The Morgan fingerprint density at radius 1 is 0.646 bits per heavy atom. The molecular formula is C36H35N3O9. The summed E-state index contributed by atoms with van der Waals surface area (Å²) in [5.41, 5.74) is 4.24. The number of anilines is 1. The highest BCUT2D eigenvalue weighted by molar-refractivity contribution is 6.01. The van der Waals surface area contributed by atoms with Crippen LogP contribution in [0.3, 0.4) is 0 Å². The number of fused-ring (bicyclic) bond motifs is 1. The Hall–Kier alpha value is -6.04. The predicted octanol–water partition coefficient (Wildman–Crippen LogP) is 6.36. The molecule has 0 saturated heterocycles. The van der Waals surface area contributed by atoms with Crippen LogP contribution in [0.1, 0.15) is 22.1 Å². The molecule has 12 nitrogen and oxygen atoms in total. The third kappa shape index (κ3) is 6.45. The molecule has 1 atom stereocenters. The monoisotopic (exact) mass is 653 g/mol. The van der Waals surface area contributed by atoms with Gasteiger partial charge in [0.05, 0.1) is 41.1 Å². The fourth-order valence-electron chi connectivity index (χ4n) is 5.38. The minimum Gasteiger partial charge on any atom is -0.493 e. The third-order valence-corrected chi connectivity index (χ3v) is 7.79. The van der Waals surface area contributed by atoms with Gasteiger partial charge in [0.2, 0.25) is 5.75 Å². The first-order chi connectivity index (χ1) is 23.5. The smallest absolute Gasteiger partial charge is 0.255 e. The Labute approximate surface area is 277 Å². The molecule has 12 heteroatoms. The van der Waals surface area contributed by atoms with Crippen molar-refractivity contribution in [3.63, 3.8) is 0 Å². The van der Waals surface area contributed by atoms with Gasteiger partial charge in [-0.3, -0.25) is 4.79 Å². The van der Waals surface area contributed by atoms with E-state index in [2.05, 4.69) is 15.8 Å². The molecule has 0 saturated carbocycles. The molecule has 2 N–H and O–H groups in total. The van der Waals surface area contributed by atoms with Crippen molar-refractivity contribution in [2.24, 2.45) is 0 Å². The van der Waals surface area contributed by atoms with E-state index < -0.39 is 6.17 Å². The van der Waals surface area contributed by atoms with Crippen LogP contribution in [0.2, 0.25) is 0 Å². The highest BCUT2D eigenvalue weighted by Gasteiger charge is 2.25. The van der Waals surface area contributed by atoms with E-state index in [9.17, 15) is 4.79 Å². The molecule has 1 unspecified atom stereocenters. The topological polar surface area (TPSA) is 132 Å². The van der Waals surface area contributed by atoms with Gasteiger partial charge in [-0.2, -0.15) is 0 Å². The van der Waals surface area contributed by atoms with Crippen molar-refractivity contribution in [3.8, 4) is 62.8 Å². The van der Waals surface area contributed by atoms with Crippen LogP contribution in [-0.2, 0) is 0 Å².